The van der Waals surface area contributed by atoms with Crippen LogP contribution in [0.4, 0.5) is 4.39 Å². The number of thioether (sulfide) groups is 1. The number of ether oxygens (including phenoxy) is 1. The summed E-state index contributed by atoms with van der Waals surface area (Å²) in [6, 6.07) is 9.82. The van der Waals surface area contributed by atoms with Gasteiger partial charge in [0.2, 0.25) is 5.16 Å². The standard InChI is InChI=1S/C14H13FN4OS2/c15-10-3-5-11(6-4-10)20-7-9-22-14-18-17-13(19(14)16)12-2-1-8-21-12/h1-6,8H,7,9,16H2. The van der Waals surface area contributed by atoms with Crippen LogP contribution in [0.5, 0.6) is 5.75 Å². The maximum atomic E-state index is 12.8. The second kappa shape index (κ2) is 6.80. The van der Waals surface area contributed by atoms with Crippen molar-refractivity contribution in [2.75, 3.05) is 18.2 Å². The number of halogens is 1. The fourth-order valence-corrected chi connectivity index (χ4v) is 3.15. The summed E-state index contributed by atoms with van der Waals surface area (Å²) in [7, 11) is 0. The predicted octanol–water partition coefficient (Wildman–Crippen LogP) is 3.03. The Morgan fingerprint density at radius 3 is 2.77 bits per heavy atom. The van der Waals surface area contributed by atoms with Gasteiger partial charge < -0.3 is 10.6 Å². The van der Waals surface area contributed by atoms with Crippen LogP contribution in [0.15, 0.2) is 46.9 Å². The SMILES string of the molecule is Nn1c(SCCOc2ccc(F)cc2)nnc1-c1cccs1. The molecule has 8 heteroatoms. The van der Waals surface area contributed by atoms with Gasteiger partial charge in [0.25, 0.3) is 0 Å². The molecule has 1 aromatic carbocycles. The molecule has 3 aromatic rings. The van der Waals surface area contributed by atoms with E-state index in [2.05, 4.69) is 10.2 Å². The molecule has 0 amide bonds. The summed E-state index contributed by atoms with van der Waals surface area (Å²) in [5, 5.41) is 10.8. The summed E-state index contributed by atoms with van der Waals surface area (Å²) in [5.74, 6) is 7.67. The van der Waals surface area contributed by atoms with Gasteiger partial charge in [-0.1, -0.05) is 17.8 Å². The molecule has 0 bridgehead atoms. The number of nitrogens with zero attached hydrogens (tertiary/aromatic N) is 3. The normalized spacial score (nSPS) is 10.8. The van der Waals surface area contributed by atoms with Gasteiger partial charge in [-0.3, -0.25) is 0 Å². The lowest BCUT2D eigenvalue weighted by molar-refractivity contribution is 0.343. The van der Waals surface area contributed by atoms with E-state index in [1.54, 1.807) is 23.5 Å². The van der Waals surface area contributed by atoms with Gasteiger partial charge in [0.15, 0.2) is 5.82 Å². The van der Waals surface area contributed by atoms with Gasteiger partial charge >= 0.3 is 0 Å². The Bertz CT molecular complexity index is 728. The Kier molecular flexibility index (Phi) is 4.59. The Hall–Kier alpha value is -2.06. The van der Waals surface area contributed by atoms with Gasteiger partial charge in [-0.05, 0) is 35.7 Å². The van der Waals surface area contributed by atoms with Crippen molar-refractivity contribution >= 4 is 23.1 Å². The lowest BCUT2D eigenvalue weighted by atomic mass is 10.3. The number of nitrogen functional groups attached to an aromatic ring is 1. The molecule has 22 heavy (non-hydrogen) atoms. The molecule has 0 aliphatic carbocycles. The van der Waals surface area contributed by atoms with Gasteiger partial charge in [-0.2, -0.15) is 0 Å². The van der Waals surface area contributed by atoms with E-state index in [0.717, 1.165) is 4.88 Å². The third-order valence-corrected chi connectivity index (χ3v) is 4.58. The summed E-state index contributed by atoms with van der Waals surface area (Å²) in [4.78, 5) is 0.976. The smallest absolute Gasteiger partial charge is 0.210 e. The maximum absolute atomic E-state index is 12.8. The second-order valence-corrected chi connectivity index (χ2v) is 6.31. The predicted molar refractivity (Wildman–Crippen MR) is 86.1 cm³/mol. The highest BCUT2D eigenvalue weighted by Gasteiger charge is 2.12. The molecule has 2 N–H and O–H groups in total. The first-order valence-electron chi connectivity index (χ1n) is 6.49. The van der Waals surface area contributed by atoms with Gasteiger partial charge in [-0.25, -0.2) is 9.07 Å². The maximum Gasteiger partial charge on any atom is 0.210 e. The van der Waals surface area contributed by atoms with Crippen LogP contribution in [0.25, 0.3) is 10.7 Å². The van der Waals surface area contributed by atoms with E-state index in [-0.39, 0.29) is 5.82 Å². The van der Waals surface area contributed by atoms with Crippen LogP contribution in [0.3, 0.4) is 0 Å². The first-order valence-corrected chi connectivity index (χ1v) is 8.36. The van der Waals surface area contributed by atoms with Crippen molar-refractivity contribution in [3.05, 3.63) is 47.6 Å². The Morgan fingerprint density at radius 2 is 2.05 bits per heavy atom. The molecule has 3 rings (SSSR count). The lowest BCUT2D eigenvalue weighted by Gasteiger charge is -2.05. The van der Waals surface area contributed by atoms with Gasteiger partial charge in [0.1, 0.15) is 11.6 Å². The number of hydrogen-bond donors (Lipinski definition) is 1. The molecule has 114 valence electrons. The van der Waals surface area contributed by atoms with Crippen LogP contribution in [0.1, 0.15) is 0 Å². The zero-order valence-corrected chi connectivity index (χ0v) is 13.1. The minimum Gasteiger partial charge on any atom is -0.493 e. The first kappa shape index (κ1) is 14.9. The number of hydrogen-bond acceptors (Lipinski definition) is 6. The van der Waals surface area contributed by atoms with Crippen molar-refractivity contribution in [3.8, 4) is 16.5 Å². The Balaban J connectivity index is 1.53. The minimum absolute atomic E-state index is 0.279. The van der Waals surface area contributed by atoms with Crippen molar-refractivity contribution < 1.29 is 9.13 Å². The minimum atomic E-state index is -0.279. The molecule has 0 fully saturated rings. The summed E-state index contributed by atoms with van der Waals surface area (Å²) >= 11 is 3.02. The van der Waals surface area contributed by atoms with E-state index in [1.807, 2.05) is 17.5 Å². The zero-order chi connectivity index (χ0) is 15.4. The molecule has 2 aromatic heterocycles. The average Bonchev–Trinajstić information content (AvgIpc) is 3.16. The van der Waals surface area contributed by atoms with Crippen molar-refractivity contribution in [2.45, 2.75) is 5.16 Å². The van der Waals surface area contributed by atoms with Gasteiger partial charge in [-0.15, -0.1) is 21.5 Å². The number of aromatic nitrogens is 3. The Morgan fingerprint density at radius 1 is 1.23 bits per heavy atom. The Labute approximate surface area is 134 Å². The molecule has 0 atom stereocenters. The summed E-state index contributed by atoms with van der Waals surface area (Å²) in [5.41, 5.74) is 0. The van der Waals surface area contributed by atoms with Crippen molar-refractivity contribution in [3.63, 3.8) is 0 Å². The van der Waals surface area contributed by atoms with E-state index in [4.69, 9.17) is 10.6 Å². The topological polar surface area (TPSA) is 66.0 Å². The quantitative estimate of drug-likeness (QED) is 0.426. The zero-order valence-electron chi connectivity index (χ0n) is 11.5. The fraction of sp³-hybridized carbons (Fsp3) is 0.143. The lowest BCUT2D eigenvalue weighted by Crippen LogP contribution is -2.12. The molecule has 0 aliphatic rings. The van der Waals surface area contributed by atoms with E-state index in [1.165, 1.54) is 28.6 Å². The van der Waals surface area contributed by atoms with Gasteiger partial charge in [0, 0.05) is 5.75 Å². The molecule has 0 saturated carbocycles. The number of thiophene rings is 1. The highest BCUT2D eigenvalue weighted by molar-refractivity contribution is 7.99. The second-order valence-electron chi connectivity index (χ2n) is 4.30. The summed E-state index contributed by atoms with van der Waals surface area (Å²) in [6.07, 6.45) is 0. The van der Waals surface area contributed by atoms with Crippen LogP contribution >= 0.6 is 23.1 Å². The highest BCUT2D eigenvalue weighted by Crippen LogP contribution is 2.25. The number of nitrogens with two attached hydrogens (primary N) is 1. The first-order chi connectivity index (χ1) is 10.7. The van der Waals surface area contributed by atoms with E-state index >= 15 is 0 Å². The largest absolute Gasteiger partial charge is 0.493 e. The molecule has 0 saturated heterocycles. The third kappa shape index (κ3) is 3.40. The van der Waals surface area contributed by atoms with Crippen molar-refractivity contribution in [1.29, 1.82) is 0 Å². The van der Waals surface area contributed by atoms with Crippen LogP contribution in [-0.2, 0) is 0 Å². The molecule has 0 aliphatic heterocycles. The third-order valence-electron chi connectivity index (χ3n) is 2.80. The molecule has 5 nitrogen and oxygen atoms in total. The van der Waals surface area contributed by atoms with Crippen LogP contribution < -0.4 is 10.6 Å². The van der Waals surface area contributed by atoms with Crippen LogP contribution in [0.2, 0.25) is 0 Å². The summed E-state index contributed by atoms with van der Waals surface area (Å²) < 4.78 is 19.8. The molecule has 0 radical (unpaired) electrons. The van der Waals surface area contributed by atoms with E-state index in [9.17, 15) is 4.39 Å². The van der Waals surface area contributed by atoms with Gasteiger partial charge in [0.05, 0.1) is 11.5 Å². The van der Waals surface area contributed by atoms with Crippen molar-refractivity contribution in [1.82, 2.24) is 14.9 Å². The van der Waals surface area contributed by atoms with E-state index in [0.29, 0.717) is 29.1 Å². The van der Waals surface area contributed by atoms with Crippen LogP contribution in [-0.4, -0.2) is 27.2 Å². The monoisotopic (exact) mass is 336 g/mol. The van der Waals surface area contributed by atoms with E-state index < -0.39 is 0 Å². The number of benzene rings is 1. The molecular weight excluding hydrogens is 323 g/mol. The summed E-state index contributed by atoms with van der Waals surface area (Å²) in [6.45, 7) is 0.470. The molecule has 0 spiro atoms. The van der Waals surface area contributed by atoms with Crippen molar-refractivity contribution in [2.24, 2.45) is 0 Å². The molecule has 0 unspecified atom stereocenters. The average molecular weight is 336 g/mol. The number of rotatable bonds is 6. The fourth-order valence-electron chi connectivity index (χ4n) is 1.77. The van der Waals surface area contributed by atoms with Crippen LogP contribution in [0, 0.1) is 5.82 Å². The molecule has 2 heterocycles. The molecular formula is C14H13FN4OS2. The highest BCUT2D eigenvalue weighted by atomic mass is 32.2.